The standard InChI is InChI=1S/C18H21N3O3S/c1-20(2)17-7-5-4-6-15(17)19-18(22)14-8-9-16-13(12-14)10-11-21(16)25(3,23)24/h4-9,12H,10-11H2,1-3H3,(H,19,22). The highest BCUT2D eigenvalue weighted by Gasteiger charge is 2.26. The number of benzene rings is 2. The molecule has 0 atom stereocenters. The minimum atomic E-state index is -3.29. The molecule has 0 bridgehead atoms. The number of rotatable bonds is 4. The lowest BCUT2D eigenvalue weighted by atomic mass is 10.1. The Morgan fingerprint density at radius 1 is 1.16 bits per heavy atom. The van der Waals surface area contributed by atoms with E-state index in [9.17, 15) is 13.2 Å². The number of nitrogens with zero attached hydrogens (tertiary/aromatic N) is 2. The highest BCUT2D eigenvalue weighted by molar-refractivity contribution is 7.92. The number of carbonyl (C=O) groups is 1. The minimum absolute atomic E-state index is 0.213. The molecule has 2 aromatic rings. The maximum atomic E-state index is 12.6. The highest BCUT2D eigenvalue weighted by Crippen LogP contribution is 2.31. The van der Waals surface area contributed by atoms with Gasteiger partial charge in [-0.15, -0.1) is 0 Å². The van der Waals surface area contributed by atoms with Crippen molar-refractivity contribution in [3.8, 4) is 0 Å². The normalized spacial score (nSPS) is 13.5. The lowest BCUT2D eigenvalue weighted by Crippen LogP contribution is -2.27. The van der Waals surface area contributed by atoms with Crippen molar-refractivity contribution >= 4 is 33.0 Å². The molecule has 25 heavy (non-hydrogen) atoms. The van der Waals surface area contributed by atoms with Crippen LogP contribution in [-0.2, 0) is 16.4 Å². The fourth-order valence-corrected chi connectivity index (χ4v) is 3.98. The zero-order valence-corrected chi connectivity index (χ0v) is 15.3. The molecule has 3 rings (SSSR count). The Hall–Kier alpha value is -2.54. The summed E-state index contributed by atoms with van der Waals surface area (Å²) >= 11 is 0. The number of hydrogen-bond donors (Lipinski definition) is 1. The quantitative estimate of drug-likeness (QED) is 0.910. The Kier molecular flexibility index (Phi) is 4.43. The van der Waals surface area contributed by atoms with E-state index in [-0.39, 0.29) is 5.91 Å². The van der Waals surface area contributed by atoms with Crippen LogP contribution in [0.5, 0.6) is 0 Å². The van der Waals surface area contributed by atoms with E-state index in [4.69, 9.17) is 0 Å². The molecule has 132 valence electrons. The lowest BCUT2D eigenvalue weighted by Gasteiger charge is -2.18. The third kappa shape index (κ3) is 3.46. The monoisotopic (exact) mass is 359 g/mol. The Morgan fingerprint density at radius 2 is 1.88 bits per heavy atom. The maximum absolute atomic E-state index is 12.6. The first-order chi connectivity index (χ1) is 11.8. The van der Waals surface area contributed by atoms with Crippen molar-refractivity contribution in [3.63, 3.8) is 0 Å². The average molecular weight is 359 g/mol. The second-order valence-corrected chi connectivity index (χ2v) is 8.20. The molecule has 1 aliphatic rings. The predicted molar refractivity (Wildman–Crippen MR) is 101 cm³/mol. The Bertz CT molecular complexity index is 923. The largest absolute Gasteiger partial charge is 0.376 e. The summed E-state index contributed by atoms with van der Waals surface area (Å²) in [6, 6.07) is 12.7. The first kappa shape index (κ1) is 17.3. The molecule has 0 unspecified atom stereocenters. The number of amides is 1. The minimum Gasteiger partial charge on any atom is -0.376 e. The van der Waals surface area contributed by atoms with Crippen LogP contribution in [0.1, 0.15) is 15.9 Å². The van der Waals surface area contributed by atoms with Gasteiger partial charge in [0.15, 0.2) is 0 Å². The van der Waals surface area contributed by atoms with Crippen molar-refractivity contribution < 1.29 is 13.2 Å². The molecule has 7 heteroatoms. The summed E-state index contributed by atoms with van der Waals surface area (Å²) in [6.45, 7) is 0.419. The first-order valence-corrected chi connectivity index (χ1v) is 9.80. The summed E-state index contributed by atoms with van der Waals surface area (Å²) in [5, 5.41) is 2.93. The van der Waals surface area contributed by atoms with E-state index in [1.54, 1.807) is 18.2 Å². The number of nitrogens with one attached hydrogen (secondary N) is 1. The number of anilines is 3. The van der Waals surface area contributed by atoms with Gasteiger partial charge >= 0.3 is 0 Å². The van der Waals surface area contributed by atoms with Crippen LogP contribution in [0.2, 0.25) is 0 Å². The molecule has 0 radical (unpaired) electrons. The molecule has 0 fully saturated rings. The van der Waals surface area contributed by atoms with E-state index in [2.05, 4.69) is 5.32 Å². The van der Waals surface area contributed by atoms with E-state index in [0.29, 0.717) is 24.2 Å². The lowest BCUT2D eigenvalue weighted by molar-refractivity contribution is 0.102. The van der Waals surface area contributed by atoms with Crippen molar-refractivity contribution in [1.29, 1.82) is 0 Å². The summed E-state index contributed by atoms with van der Waals surface area (Å²) in [5.74, 6) is -0.213. The van der Waals surface area contributed by atoms with Crippen LogP contribution in [0.3, 0.4) is 0 Å². The molecule has 0 spiro atoms. The molecule has 1 heterocycles. The third-order valence-corrected chi connectivity index (χ3v) is 5.41. The molecular weight excluding hydrogens is 338 g/mol. The van der Waals surface area contributed by atoms with Gasteiger partial charge in [0.2, 0.25) is 10.0 Å². The van der Waals surface area contributed by atoms with Gasteiger partial charge in [-0.2, -0.15) is 0 Å². The van der Waals surface area contributed by atoms with E-state index in [0.717, 1.165) is 16.9 Å². The van der Waals surface area contributed by atoms with E-state index in [1.807, 2.05) is 43.3 Å². The molecule has 2 aromatic carbocycles. The third-order valence-electron chi connectivity index (χ3n) is 4.23. The van der Waals surface area contributed by atoms with Gasteiger partial charge in [0.25, 0.3) is 5.91 Å². The van der Waals surface area contributed by atoms with Crippen molar-refractivity contribution in [1.82, 2.24) is 0 Å². The highest BCUT2D eigenvalue weighted by atomic mass is 32.2. The summed E-state index contributed by atoms with van der Waals surface area (Å²) < 4.78 is 25.0. The zero-order chi connectivity index (χ0) is 18.2. The van der Waals surface area contributed by atoms with Crippen LogP contribution in [0.4, 0.5) is 17.1 Å². The van der Waals surface area contributed by atoms with Gasteiger partial charge in [0, 0.05) is 26.2 Å². The number of sulfonamides is 1. The molecule has 6 nitrogen and oxygen atoms in total. The van der Waals surface area contributed by atoms with Crippen molar-refractivity contribution in [2.45, 2.75) is 6.42 Å². The van der Waals surface area contributed by atoms with Crippen LogP contribution in [0.15, 0.2) is 42.5 Å². The van der Waals surface area contributed by atoms with E-state index in [1.165, 1.54) is 10.6 Å². The number of hydrogen-bond acceptors (Lipinski definition) is 4. The van der Waals surface area contributed by atoms with Gasteiger partial charge in [-0.1, -0.05) is 12.1 Å². The molecule has 1 N–H and O–H groups in total. The second-order valence-electron chi connectivity index (χ2n) is 6.29. The molecule has 1 aliphatic heterocycles. The molecule has 0 aliphatic carbocycles. The van der Waals surface area contributed by atoms with Crippen LogP contribution < -0.4 is 14.5 Å². The molecular formula is C18H21N3O3S. The first-order valence-electron chi connectivity index (χ1n) is 7.96. The van der Waals surface area contributed by atoms with Crippen molar-refractivity contribution in [3.05, 3.63) is 53.6 Å². The summed E-state index contributed by atoms with van der Waals surface area (Å²) in [7, 11) is 0.548. The molecule has 0 saturated heterocycles. The molecule has 0 saturated carbocycles. The van der Waals surface area contributed by atoms with Crippen molar-refractivity contribution in [2.24, 2.45) is 0 Å². The van der Waals surface area contributed by atoms with Crippen molar-refractivity contribution in [2.75, 3.05) is 41.4 Å². The second kappa shape index (κ2) is 6.40. The van der Waals surface area contributed by atoms with Gasteiger partial charge in [-0.05, 0) is 42.3 Å². The van der Waals surface area contributed by atoms with Gasteiger partial charge in [-0.3, -0.25) is 9.10 Å². The fourth-order valence-electron chi connectivity index (χ4n) is 3.02. The Balaban J connectivity index is 1.86. The van der Waals surface area contributed by atoms with E-state index < -0.39 is 10.0 Å². The smallest absolute Gasteiger partial charge is 0.255 e. The molecule has 1 amide bonds. The van der Waals surface area contributed by atoms with Gasteiger partial charge in [0.1, 0.15) is 0 Å². The zero-order valence-electron chi connectivity index (χ0n) is 14.5. The number of carbonyl (C=O) groups excluding carboxylic acids is 1. The summed E-state index contributed by atoms with van der Waals surface area (Å²) in [6.07, 6.45) is 1.80. The van der Waals surface area contributed by atoms with Crippen LogP contribution in [0.25, 0.3) is 0 Å². The predicted octanol–water partition coefficient (Wildman–Crippen LogP) is 2.33. The van der Waals surface area contributed by atoms with Crippen LogP contribution in [0, 0.1) is 0 Å². The van der Waals surface area contributed by atoms with Gasteiger partial charge in [0.05, 0.1) is 23.3 Å². The topological polar surface area (TPSA) is 69.7 Å². The fraction of sp³-hybridized carbons (Fsp3) is 0.278. The molecule has 0 aromatic heterocycles. The summed E-state index contributed by atoms with van der Waals surface area (Å²) in [4.78, 5) is 14.5. The Labute approximate surface area is 148 Å². The number of fused-ring (bicyclic) bond motifs is 1. The van der Waals surface area contributed by atoms with Gasteiger partial charge in [-0.25, -0.2) is 8.42 Å². The van der Waals surface area contributed by atoms with E-state index >= 15 is 0 Å². The maximum Gasteiger partial charge on any atom is 0.255 e. The average Bonchev–Trinajstić information content (AvgIpc) is 2.98. The summed E-state index contributed by atoms with van der Waals surface area (Å²) in [5.41, 5.74) is 3.70. The SMILES string of the molecule is CN(C)c1ccccc1NC(=O)c1ccc2c(c1)CCN2S(C)(=O)=O. The van der Waals surface area contributed by atoms with Gasteiger partial charge < -0.3 is 10.2 Å². The Morgan fingerprint density at radius 3 is 2.56 bits per heavy atom. The number of para-hydroxylation sites is 2. The van der Waals surface area contributed by atoms with Crippen LogP contribution in [-0.4, -0.2) is 41.2 Å². The van der Waals surface area contributed by atoms with Crippen LogP contribution >= 0.6 is 0 Å².